The van der Waals surface area contributed by atoms with Gasteiger partial charge in [-0.2, -0.15) is 26.3 Å². The molecule has 61 heavy (non-hydrogen) atoms. The number of aryl methyl sites for hydroxylation is 1. The van der Waals surface area contributed by atoms with Crippen LogP contribution in [-0.4, -0.2) is 40.6 Å². The average molecular weight is 856 g/mol. The highest BCUT2D eigenvalue weighted by molar-refractivity contribution is 5.92. The maximum absolute atomic E-state index is 14.1. The van der Waals surface area contributed by atoms with Gasteiger partial charge in [0.25, 0.3) is 0 Å². The predicted molar refractivity (Wildman–Crippen MR) is 226 cm³/mol. The molecule has 3 fully saturated rings. The number of hydrogen-bond donors (Lipinski definition) is 1. The highest BCUT2D eigenvalue weighted by Gasteiger charge is 2.39. The first kappa shape index (κ1) is 46.0. The molecule has 1 saturated heterocycles. The number of piperidine rings is 1. The monoisotopic (exact) mass is 855 g/mol. The van der Waals surface area contributed by atoms with Crippen molar-refractivity contribution in [2.45, 2.75) is 154 Å². The maximum atomic E-state index is 14.1. The normalized spacial score (nSPS) is 21.2. The number of carbonyl (C=O) groups is 2. The van der Waals surface area contributed by atoms with Crippen LogP contribution >= 0.6 is 0 Å². The Morgan fingerprint density at radius 1 is 0.639 bits per heavy atom. The first-order valence-corrected chi connectivity index (χ1v) is 22.1. The summed E-state index contributed by atoms with van der Waals surface area (Å²) in [6, 6.07) is 16.5. The maximum Gasteiger partial charge on any atom is 0.420 e. The van der Waals surface area contributed by atoms with Crippen molar-refractivity contribution < 1.29 is 50.5 Å². The summed E-state index contributed by atoms with van der Waals surface area (Å²) < 4.78 is 96.2. The predicted octanol–water partition coefficient (Wildman–Crippen LogP) is 13.7. The van der Waals surface area contributed by atoms with Gasteiger partial charge < -0.3 is 19.5 Å². The summed E-state index contributed by atoms with van der Waals surface area (Å²) in [4.78, 5) is 24.5. The van der Waals surface area contributed by atoms with Crippen LogP contribution < -0.4 is 9.47 Å². The Kier molecular flexibility index (Phi) is 15.5. The number of carboxylic acids is 1. The summed E-state index contributed by atoms with van der Waals surface area (Å²) in [7, 11) is 0. The molecule has 0 atom stereocenters. The molecule has 6 nitrogen and oxygen atoms in total. The summed E-state index contributed by atoms with van der Waals surface area (Å²) >= 11 is 0. The summed E-state index contributed by atoms with van der Waals surface area (Å²) in [5, 5.41) is 10.2. The van der Waals surface area contributed by atoms with Gasteiger partial charge in [-0.1, -0.05) is 75.2 Å². The van der Waals surface area contributed by atoms with Gasteiger partial charge >= 0.3 is 18.3 Å². The third-order valence-corrected chi connectivity index (χ3v) is 12.7. The molecule has 12 heteroatoms. The van der Waals surface area contributed by atoms with Crippen LogP contribution in [0.2, 0.25) is 0 Å². The number of likely N-dealkylation sites (tertiary alicyclic amines) is 1. The van der Waals surface area contributed by atoms with Gasteiger partial charge in [0.1, 0.15) is 22.6 Å². The molecule has 2 aliphatic carbocycles. The molecule has 4 aromatic carbocycles. The topological polar surface area (TPSA) is 76.1 Å². The number of nitrogens with zero attached hydrogens (tertiary/aromatic N) is 1. The SMILES string of the molecule is CC1CCC(Oc2ccc3c(CCCCCCC(=O)O)cccc3c2C(F)(F)F)CC1.CC1CCC(Oc2ccc3c(CN4CCCCC4=O)cccc3c2C(F)(F)F)CC1. The quantitative estimate of drug-likeness (QED) is 0.107. The third-order valence-electron chi connectivity index (χ3n) is 12.7. The molecular weight excluding hydrogens is 797 g/mol. The molecule has 0 bridgehead atoms. The van der Waals surface area contributed by atoms with Crippen LogP contribution in [-0.2, 0) is 34.9 Å². The number of amides is 1. The van der Waals surface area contributed by atoms with E-state index >= 15 is 0 Å². The van der Waals surface area contributed by atoms with Crippen molar-refractivity contribution in [1.29, 1.82) is 0 Å². The van der Waals surface area contributed by atoms with Crippen LogP contribution in [0.3, 0.4) is 0 Å². The van der Waals surface area contributed by atoms with E-state index in [0.29, 0.717) is 55.0 Å². The van der Waals surface area contributed by atoms with Crippen LogP contribution in [0.15, 0.2) is 60.7 Å². The van der Waals surface area contributed by atoms with Gasteiger partial charge in [-0.05, 0) is 140 Å². The fraction of sp³-hybridized carbons (Fsp3) is 0.551. The molecule has 1 aliphatic heterocycles. The first-order valence-electron chi connectivity index (χ1n) is 22.1. The van der Waals surface area contributed by atoms with Gasteiger partial charge in [0.05, 0.1) is 12.2 Å². The standard InChI is InChI=1S/C25H31F3O3.C24H28F3NO2/c1-17-11-13-19(14-12-17)31-22-16-15-20-18(7-4-2-3-5-10-23(29)30)8-6-9-21(20)24(22)25(26,27)28;1-16-8-10-18(11-9-16)30-21-13-12-19-17(15-28-14-3-2-7-22(28)29)5-4-6-20(19)23(21)24(25,26)27/h6,8-9,15-17,19H,2-5,7,10-14H2,1H3,(H,29,30);4-6,12-13,16,18H,2-3,7-11,14-15H2,1H3. The van der Waals surface area contributed by atoms with Crippen molar-refractivity contribution in [3.63, 3.8) is 0 Å². The number of fused-ring (bicyclic) bond motifs is 2. The Bertz CT molecular complexity index is 2100. The van der Waals surface area contributed by atoms with E-state index < -0.39 is 29.4 Å². The van der Waals surface area contributed by atoms with Gasteiger partial charge in [0, 0.05) is 25.9 Å². The Morgan fingerprint density at radius 2 is 1.13 bits per heavy atom. The lowest BCUT2D eigenvalue weighted by atomic mass is 9.89. The number of halogens is 6. The van der Waals surface area contributed by atoms with Crippen LogP contribution in [0.25, 0.3) is 21.5 Å². The molecule has 0 radical (unpaired) electrons. The highest BCUT2D eigenvalue weighted by atomic mass is 19.4. The lowest BCUT2D eigenvalue weighted by Gasteiger charge is -2.29. The minimum absolute atomic E-state index is 0.0645. The zero-order chi connectivity index (χ0) is 43.7. The van der Waals surface area contributed by atoms with E-state index in [1.807, 2.05) is 12.1 Å². The second-order valence-corrected chi connectivity index (χ2v) is 17.5. The molecule has 0 unspecified atom stereocenters. The molecule has 1 amide bonds. The van der Waals surface area contributed by atoms with Crippen LogP contribution in [0, 0.1) is 11.8 Å². The number of carbonyl (C=O) groups excluding carboxylic acids is 1. The third kappa shape index (κ3) is 12.3. The Hall–Kier alpha value is -4.48. The van der Waals surface area contributed by atoms with Crippen molar-refractivity contribution >= 4 is 33.4 Å². The summed E-state index contributed by atoms with van der Waals surface area (Å²) in [5.74, 6) is 0.329. The summed E-state index contributed by atoms with van der Waals surface area (Å²) in [6.45, 7) is 5.33. The smallest absolute Gasteiger partial charge is 0.420 e. The van der Waals surface area contributed by atoms with E-state index in [0.717, 1.165) is 94.6 Å². The van der Waals surface area contributed by atoms with Gasteiger partial charge in [-0.3, -0.25) is 9.59 Å². The van der Waals surface area contributed by atoms with E-state index in [-0.39, 0.29) is 46.8 Å². The molecule has 3 aliphatic rings. The van der Waals surface area contributed by atoms with E-state index in [4.69, 9.17) is 14.6 Å². The summed E-state index contributed by atoms with van der Waals surface area (Å²) in [6.07, 6.45) is 3.99. The molecule has 1 heterocycles. The fourth-order valence-electron chi connectivity index (χ4n) is 9.18. The molecule has 7 rings (SSSR count). The lowest BCUT2D eigenvalue weighted by molar-refractivity contribution is -0.139. The Labute approximate surface area is 355 Å². The molecule has 2 saturated carbocycles. The number of hydrogen-bond acceptors (Lipinski definition) is 4. The molecule has 0 spiro atoms. The molecule has 1 N–H and O–H groups in total. The van der Waals surface area contributed by atoms with E-state index in [9.17, 15) is 35.9 Å². The average Bonchev–Trinajstić information content (AvgIpc) is 3.21. The second-order valence-electron chi connectivity index (χ2n) is 17.5. The van der Waals surface area contributed by atoms with Crippen molar-refractivity contribution in [3.05, 3.63) is 82.9 Å². The van der Waals surface area contributed by atoms with Crippen LogP contribution in [0.1, 0.15) is 139 Å². The Balaban J connectivity index is 0.000000204. The van der Waals surface area contributed by atoms with E-state index in [2.05, 4.69) is 13.8 Å². The minimum Gasteiger partial charge on any atom is -0.490 e. The molecule has 4 aromatic rings. The number of aliphatic carboxylic acids is 1. The number of benzene rings is 4. The van der Waals surface area contributed by atoms with Crippen molar-refractivity contribution in [1.82, 2.24) is 4.90 Å². The second kappa shape index (κ2) is 20.6. The zero-order valence-electron chi connectivity index (χ0n) is 35.3. The zero-order valence-corrected chi connectivity index (χ0v) is 35.3. The number of ether oxygens (including phenoxy) is 2. The minimum atomic E-state index is -4.52. The lowest BCUT2D eigenvalue weighted by Crippen LogP contribution is -2.34. The van der Waals surface area contributed by atoms with Gasteiger partial charge in [-0.15, -0.1) is 0 Å². The first-order chi connectivity index (χ1) is 29.1. The van der Waals surface area contributed by atoms with Crippen LogP contribution in [0.4, 0.5) is 26.3 Å². The summed E-state index contributed by atoms with van der Waals surface area (Å²) in [5.41, 5.74) is 0.253. The molecule has 332 valence electrons. The van der Waals surface area contributed by atoms with Gasteiger partial charge in [0.2, 0.25) is 5.91 Å². The molecular formula is C49H59F6NO5. The van der Waals surface area contributed by atoms with Crippen molar-refractivity contribution in [2.75, 3.05) is 6.54 Å². The van der Waals surface area contributed by atoms with E-state index in [1.165, 1.54) is 24.3 Å². The molecule has 0 aromatic heterocycles. The number of alkyl halides is 6. The van der Waals surface area contributed by atoms with Crippen molar-refractivity contribution in [3.8, 4) is 11.5 Å². The number of rotatable bonds is 13. The van der Waals surface area contributed by atoms with E-state index in [1.54, 1.807) is 29.2 Å². The largest absolute Gasteiger partial charge is 0.490 e. The fourth-order valence-corrected chi connectivity index (χ4v) is 9.18. The highest BCUT2D eigenvalue weighted by Crippen LogP contribution is 2.45. The van der Waals surface area contributed by atoms with Crippen LogP contribution in [0.5, 0.6) is 11.5 Å². The number of unbranched alkanes of at least 4 members (excludes halogenated alkanes) is 3. The number of carboxylic acid groups (broad SMARTS) is 1. The van der Waals surface area contributed by atoms with Crippen molar-refractivity contribution in [2.24, 2.45) is 11.8 Å². The van der Waals surface area contributed by atoms with Gasteiger partial charge in [0.15, 0.2) is 0 Å². The Morgan fingerprint density at radius 3 is 1.62 bits per heavy atom. The van der Waals surface area contributed by atoms with Gasteiger partial charge in [-0.25, -0.2) is 0 Å².